The fourth-order valence-electron chi connectivity index (χ4n) is 6.14. The van der Waals surface area contributed by atoms with Crippen molar-refractivity contribution in [3.05, 3.63) is 102 Å². The van der Waals surface area contributed by atoms with Crippen LogP contribution in [0.15, 0.2) is 91.0 Å². The summed E-state index contributed by atoms with van der Waals surface area (Å²) in [5.41, 5.74) is 9.09. The zero-order chi connectivity index (χ0) is 31.8. The molecule has 5 nitrogen and oxygen atoms in total. The van der Waals surface area contributed by atoms with Crippen LogP contribution in [0.5, 0.6) is 0 Å². The maximum absolute atomic E-state index is 6.33. The second kappa shape index (κ2) is 10.6. The minimum absolute atomic E-state index is 0.386. The Morgan fingerprint density at radius 3 is 1.16 bits per heavy atom. The highest BCUT2D eigenvalue weighted by atomic mass is 16.7. The molecular weight excluding hydrogens is 556 g/mol. The summed E-state index contributed by atoms with van der Waals surface area (Å²) in [4.78, 5) is 2.28. The zero-order valence-corrected chi connectivity index (χ0v) is 27.8. The largest absolute Gasteiger partial charge is 0.494 e. The van der Waals surface area contributed by atoms with Crippen molar-refractivity contribution in [2.75, 3.05) is 4.90 Å². The molecular formula is C38H43B2NO4. The molecule has 0 atom stereocenters. The van der Waals surface area contributed by atoms with Crippen LogP contribution >= 0.6 is 0 Å². The SMILES string of the molecule is CC1(C)OB(c2ccc(N(c3ccc(B4OC(C)(C)C(C)(C)O4)cc3)c3ccc(-c4ccc5c(c4)CC5)cc3)cc2)OC1(C)C. The van der Waals surface area contributed by atoms with E-state index < -0.39 is 14.2 Å². The molecule has 2 saturated heterocycles. The molecule has 0 saturated carbocycles. The lowest BCUT2D eigenvalue weighted by atomic mass is 9.79. The van der Waals surface area contributed by atoms with E-state index in [0.717, 1.165) is 28.0 Å². The lowest BCUT2D eigenvalue weighted by molar-refractivity contribution is 0.00578. The number of rotatable bonds is 6. The van der Waals surface area contributed by atoms with E-state index in [1.807, 2.05) is 0 Å². The summed E-state index contributed by atoms with van der Waals surface area (Å²) in [5, 5.41) is 0. The van der Waals surface area contributed by atoms with Gasteiger partial charge in [0, 0.05) is 17.1 Å². The van der Waals surface area contributed by atoms with Crippen LogP contribution in [0.25, 0.3) is 11.1 Å². The van der Waals surface area contributed by atoms with Crippen LogP contribution in [0.3, 0.4) is 0 Å². The van der Waals surface area contributed by atoms with Crippen molar-refractivity contribution < 1.29 is 18.6 Å². The molecule has 0 amide bonds. The molecule has 4 aromatic rings. The predicted octanol–water partition coefficient (Wildman–Crippen LogP) is 7.52. The lowest BCUT2D eigenvalue weighted by Crippen LogP contribution is -2.41. The molecule has 7 rings (SSSR count). The van der Waals surface area contributed by atoms with Crippen molar-refractivity contribution in [1.82, 2.24) is 0 Å². The van der Waals surface area contributed by atoms with E-state index in [2.05, 4.69) is 151 Å². The van der Waals surface area contributed by atoms with E-state index in [0.29, 0.717) is 0 Å². The third-order valence-corrected chi connectivity index (χ3v) is 10.7. The number of hydrogen-bond acceptors (Lipinski definition) is 5. The van der Waals surface area contributed by atoms with Gasteiger partial charge in [0.25, 0.3) is 0 Å². The molecule has 0 bridgehead atoms. The molecule has 4 aromatic carbocycles. The summed E-state index contributed by atoms with van der Waals surface area (Å²) in [6, 6.07) is 32.7. The molecule has 3 aliphatic rings. The molecule has 0 spiro atoms. The number of benzene rings is 4. The van der Waals surface area contributed by atoms with Crippen LogP contribution in [0.4, 0.5) is 17.1 Å². The van der Waals surface area contributed by atoms with Crippen LogP contribution in [0.1, 0.15) is 66.5 Å². The van der Waals surface area contributed by atoms with Crippen molar-refractivity contribution in [3.63, 3.8) is 0 Å². The van der Waals surface area contributed by atoms with Gasteiger partial charge in [0.15, 0.2) is 0 Å². The van der Waals surface area contributed by atoms with Gasteiger partial charge in [0.05, 0.1) is 22.4 Å². The summed E-state index contributed by atoms with van der Waals surface area (Å²) in [6.45, 7) is 16.7. The first-order valence-electron chi connectivity index (χ1n) is 16.2. The summed E-state index contributed by atoms with van der Waals surface area (Å²) in [7, 11) is -0.807. The number of aryl methyl sites for hydroxylation is 2. The van der Waals surface area contributed by atoms with Gasteiger partial charge in [0.2, 0.25) is 0 Å². The van der Waals surface area contributed by atoms with E-state index in [4.69, 9.17) is 18.6 Å². The zero-order valence-electron chi connectivity index (χ0n) is 27.8. The normalized spacial score (nSPS) is 20.5. The maximum Gasteiger partial charge on any atom is 0.494 e. The second-order valence-corrected chi connectivity index (χ2v) is 14.7. The van der Waals surface area contributed by atoms with Gasteiger partial charge in [-0.15, -0.1) is 0 Å². The van der Waals surface area contributed by atoms with Gasteiger partial charge in [-0.3, -0.25) is 0 Å². The van der Waals surface area contributed by atoms with Crippen molar-refractivity contribution in [2.45, 2.75) is 90.6 Å². The lowest BCUT2D eigenvalue weighted by Gasteiger charge is -2.32. The third-order valence-electron chi connectivity index (χ3n) is 10.7. The highest BCUT2D eigenvalue weighted by Gasteiger charge is 2.52. The van der Waals surface area contributed by atoms with E-state index in [9.17, 15) is 0 Å². The van der Waals surface area contributed by atoms with Crippen molar-refractivity contribution in [3.8, 4) is 11.1 Å². The minimum atomic E-state index is -0.404. The van der Waals surface area contributed by atoms with Crippen molar-refractivity contribution in [1.29, 1.82) is 0 Å². The number of nitrogens with zero attached hydrogens (tertiary/aromatic N) is 1. The molecule has 45 heavy (non-hydrogen) atoms. The Morgan fingerprint density at radius 1 is 0.444 bits per heavy atom. The molecule has 0 aromatic heterocycles. The Bertz CT molecular complexity index is 1600. The molecule has 0 radical (unpaired) electrons. The standard InChI is InChI=1S/C38H43B2NO4/c1-35(2)36(3,4)43-39(42-35)30-15-21-33(22-16-30)41(32-19-13-27(14-20-32)29-12-10-26-9-11-28(26)25-29)34-23-17-31(18-24-34)40-44-37(5,6)38(7,8)45-40/h10,12-25H,9,11H2,1-8H3. The van der Waals surface area contributed by atoms with Gasteiger partial charge in [0.1, 0.15) is 0 Å². The molecule has 2 aliphatic heterocycles. The van der Waals surface area contributed by atoms with Crippen LogP contribution in [0.2, 0.25) is 0 Å². The van der Waals surface area contributed by atoms with E-state index in [1.165, 1.54) is 35.1 Å². The topological polar surface area (TPSA) is 40.2 Å². The van der Waals surface area contributed by atoms with Crippen molar-refractivity contribution >= 4 is 42.2 Å². The van der Waals surface area contributed by atoms with Gasteiger partial charge < -0.3 is 23.5 Å². The van der Waals surface area contributed by atoms with Crippen LogP contribution in [0, 0.1) is 0 Å². The average Bonchev–Trinajstić information content (AvgIpc) is 3.34. The molecule has 7 heteroatoms. The molecule has 1 aliphatic carbocycles. The van der Waals surface area contributed by atoms with Crippen LogP contribution in [-0.2, 0) is 31.5 Å². The van der Waals surface area contributed by atoms with Gasteiger partial charge in [-0.05, 0) is 138 Å². The first-order valence-corrected chi connectivity index (χ1v) is 16.2. The third kappa shape index (κ3) is 5.34. The van der Waals surface area contributed by atoms with E-state index in [1.54, 1.807) is 0 Å². The highest BCUT2D eigenvalue weighted by molar-refractivity contribution is 6.62. The number of fused-ring (bicyclic) bond motifs is 1. The summed E-state index contributed by atoms with van der Waals surface area (Å²) in [6.07, 6.45) is 2.38. The Labute approximate surface area is 269 Å². The minimum Gasteiger partial charge on any atom is -0.399 e. The van der Waals surface area contributed by atoms with Gasteiger partial charge >= 0.3 is 14.2 Å². The fraction of sp³-hybridized carbons (Fsp3) is 0.368. The molecule has 0 unspecified atom stereocenters. The first kappa shape index (κ1) is 30.3. The van der Waals surface area contributed by atoms with Crippen molar-refractivity contribution in [2.24, 2.45) is 0 Å². The van der Waals surface area contributed by atoms with Gasteiger partial charge in [-0.2, -0.15) is 0 Å². The predicted molar refractivity (Wildman–Crippen MR) is 185 cm³/mol. The van der Waals surface area contributed by atoms with Crippen LogP contribution in [-0.4, -0.2) is 36.6 Å². The Hall–Kier alpha value is -3.35. The molecule has 2 heterocycles. The van der Waals surface area contributed by atoms with Gasteiger partial charge in [-0.25, -0.2) is 0 Å². The summed E-state index contributed by atoms with van der Waals surface area (Å²) in [5.74, 6) is 0. The molecule has 230 valence electrons. The maximum atomic E-state index is 6.33. The highest BCUT2D eigenvalue weighted by Crippen LogP contribution is 2.40. The summed E-state index contributed by atoms with van der Waals surface area (Å²) >= 11 is 0. The Balaban J connectivity index is 1.21. The number of anilines is 3. The fourth-order valence-corrected chi connectivity index (χ4v) is 6.14. The van der Waals surface area contributed by atoms with Gasteiger partial charge in [-0.1, -0.05) is 54.6 Å². The average molecular weight is 599 g/mol. The number of hydrogen-bond donors (Lipinski definition) is 0. The summed E-state index contributed by atoms with van der Waals surface area (Å²) < 4.78 is 25.3. The van der Waals surface area contributed by atoms with E-state index >= 15 is 0 Å². The first-order chi connectivity index (χ1) is 21.2. The quantitative estimate of drug-likeness (QED) is 0.215. The Kier molecular flexibility index (Phi) is 7.14. The smallest absolute Gasteiger partial charge is 0.399 e. The molecule has 2 fully saturated rings. The second-order valence-electron chi connectivity index (χ2n) is 14.7. The van der Waals surface area contributed by atoms with Crippen LogP contribution < -0.4 is 15.8 Å². The Morgan fingerprint density at radius 2 is 0.800 bits per heavy atom. The molecule has 0 N–H and O–H groups in total. The monoisotopic (exact) mass is 599 g/mol. The van der Waals surface area contributed by atoms with E-state index in [-0.39, 0.29) is 22.4 Å².